The van der Waals surface area contributed by atoms with Crippen molar-refractivity contribution < 1.29 is 14.3 Å². The molecule has 3 nitrogen and oxygen atoms in total. The highest BCUT2D eigenvalue weighted by molar-refractivity contribution is 9.10. The molecule has 0 unspecified atom stereocenters. The van der Waals surface area contributed by atoms with Crippen molar-refractivity contribution in [1.29, 1.82) is 0 Å². The number of rotatable bonds is 1. The van der Waals surface area contributed by atoms with Gasteiger partial charge in [-0.05, 0) is 35.0 Å². The molecule has 0 atom stereocenters. The van der Waals surface area contributed by atoms with E-state index in [9.17, 15) is 9.18 Å². The van der Waals surface area contributed by atoms with Crippen molar-refractivity contribution in [2.75, 3.05) is 0 Å². The van der Waals surface area contributed by atoms with E-state index in [0.29, 0.717) is 11.2 Å². The Kier molecular flexibility index (Phi) is 2.26. The largest absolute Gasteiger partial charge is 0.478 e. The van der Waals surface area contributed by atoms with Crippen molar-refractivity contribution in [3.05, 3.63) is 33.7 Å². The van der Waals surface area contributed by atoms with E-state index in [0.717, 1.165) is 0 Å². The van der Waals surface area contributed by atoms with E-state index >= 15 is 0 Å². The molecule has 0 spiro atoms. The van der Waals surface area contributed by atoms with Crippen molar-refractivity contribution in [1.82, 2.24) is 4.98 Å². The minimum Gasteiger partial charge on any atom is -0.478 e. The van der Waals surface area contributed by atoms with Gasteiger partial charge in [-0.25, -0.2) is 9.18 Å². The quantitative estimate of drug-likeness (QED) is 0.838. The number of carbonyl (C=O) groups is 1. The Morgan fingerprint density at radius 3 is 2.80 bits per heavy atom. The third kappa shape index (κ3) is 1.43. The lowest BCUT2D eigenvalue weighted by atomic mass is 10.1. The summed E-state index contributed by atoms with van der Waals surface area (Å²) in [7, 11) is 0. The Morgan fingerprint density at radius 1 is 1.53 bits per heavy atom. The summed E-state index contributed by atoms with van der Waals surface area (Å²) in [5.41, 5.74) is 0.934. The second kappa shape index (κ2) is 3.34. The van der Waals surface area contributed by atoms with Crippen LogP contribution in [0, 0.1) is 12.7 Å². The van der Waals surface area contributed by atoms with Crippen LogP contribution in [0.5, 0.6) is 0 Å². The first kappa shape index (κ1) is 10.2. The topological polar surface area (TPSA) is 53.1 Å². The van der Waals surface area contributed by atoms with Crippen LogP contribution in [0.4, 0.5) is 4.39 Å². The Labute approximate surface area is 93.0 Å². The van der Waals surface area contributed by atoms with Crippen LogP contribution in [0.25, 0.3) is 10.9 Å². The maximum Gasteiger partial charge on any atom is 0.338 e. The Hall–Kier alpha value is -1.36. The van der Waals surface area contributed by atoms with Crippen LogP contribution < -0.4 is 0 Å². The molecule has 2 N–H and O–H groups in total. The van der Waals surface area contributed by atoms with Crippen LogP contribution in [0.15, 0.2) is 16.6 Å². The number of H-pyrrole nitrogens is 1. The van der Waals surface area contributed by atoms with Gasteiger partial charge in [0.15, 0.2) is 0 Å². The van der Waals surface area contributed by atoms with Gasteiger partial charge in [0.2, 0.25) is 0 Å². The normalized spacial score (nSPS) is 10.9. The van der Waals surface area contributed by atoms with Gasteiger partial charge in [0.1, 0.15) is 5.82 Å². The molecule has 0 amide bonds. The average Bonchev–Trinajstić information content (AvgIpc) is 2.49. The van der Waals surface area contributed by atoms with Crippen molar-refractivity contribution in [3.8, 4) is 0 Å². The first-order valence-corrected chi connectivity index (χ1v) is 5.01. The Morgan fingerprint density at radius 2 is 2.20 bits per heavy atom. The van der Waals surface area contributed by atoms with E-state index in [4.69, 9.17) is 5.11 Å². The minimum atomic E-state index is -1.13. The summed E-state index contributed by atoms with van der Waals surface area (Å²) in [6.07, 6.45) is 0. The lowest BCUT2D eigenvalue weighted by Gasteiger charge is -1.97. The van der Waals surface area contributed by atoms with Gasteiger partial charge in [0, 0.05) is 11.2 Å². The molecule has 0 bridgehead atoms. The first-order chi connectivity index (χ1) is 7.02. The van der Waals surface area contributed by atoms with Crippen LogP contribution in [0.3, 0.4) is 0 Å². The molecule has 15 heavy (non-hydrogen) atoms. The summed E-state index contributed by atoms with van der Waals surface area (Å²) in [6, 6.07) is 3.18. The number of aromatic amines is 1. The number of aromatic nitrogens is 1. The highest BCUT2D eigenvalue weighted by Gasteiger charge is 2.19. The van der Waals surface area contributed by atoms with Gasteiger partial charge in [0.25, 0.3) is 0 Å². The van der Waals surface area contributed by atoms with Gasteiger partial charge >= 0.3 is 5.97 Å². The summed E-state index contributed by atoms with van der Waals surface area (Å²) in [4.78, 5) is 13.8. The second-order valence-corrected chi connectivity index (χ2v) is 4.07. The fourth-order valence-corrected chi connectivity index (χ4v) is 1.95. The summed E-state index contributed by atoms with van der Waals surface area (Å²) in [5, 5.41) is 9.09. The number of aryl methyl sites for hydroxylation is 1. The zero-order valence-corrected chi connectivity index (χ0v) is 9.35. The molecular weight excluding hydrogens is 265 g/mol. The van der Waals surface area contributed by atoms with E-state index in [-0.39, 0.29) is 15.4 Å². The molecule has 0 aliphatic carbocycles. The van der Waals surface area contributed by atoms with Gasteiger partial charge in [-0.2, -0.15) is 0 Å². The number of nitrogens with one attached hydrogen (secondary N) is 1. The number of benzene rings is 1. The van der Waals surface area contributed by atoms with Crippen LogP contribution in [-0.2, 0) is 0 Å². The number of carboxylic acids is 1. The molecule has 78 valence electrons. The molecule has 1 aromatic heterocycles. The minimum absolute atomic E-state index is 0.0104. The van der Waals surface area contributed by atoms with Gasteiger partial charge in [-0.3, -0.25) is 0 Å². The SMILES string of the molecule is Cc1[nH]c2ccc(Br)c(F)c2c1C(=O)O. The monoisotopic (exact) mass is 271 g/mol. The molecular formula is C10H7BrFNO2. The van der Waals surface area contributed by atoms with Crippen LogP contribution >= 0.6 is 15.9 Å². The molecule has 1 heterocycles. The van der Waals surface area contributed by atoms with Crippen LogP contribution in [-0.4, -0.2) is 16.1 Å². The summed E-state index contributed by atoms with van der Waals surface area (Å²) >= 11 is 3.03. The average molecular weight is 272 g/mol. The van der Waals surface area contributed by atoms with Gasteiger partial charge in [-0.1, -0.05) is 0 Å². The lowest BCUT2D eigenvalue weighted by Crippen LogP contribution is -1.98. The fourth-order valence-electron chi connectivity index (χ4n) is 1.62. The van der Waals surface area contributed by atoms with Gasteiger partial charge in [0.05, 0.1) is 15.4 Å². The molecule has 0 radical (unpaired) electrons. The number of fused-ring (bicyclic) bond motifs is 1. The van der Waals surface area contributed by atoms with Gasteiger partial charge < -0.3 is 10.1 Å². The highest BCUT2D eigenvalue weighted by Crippen LogP contribution is 2.29. The number of aromatic carboxylic acids is 1. The van der Waals surface area contributed by atoms with E-state index in [1.807, 2.05) is 0 Å². The third-order valence-corrected chi connectivity index (χ3v) is 2.87. The summed E-state index contributed by atoms with van der Waals surface area (Å²) in [6.45, 7) is 1.61. The second-order valence-electron chi connectivity index (χ2n) is 3.21. The molecule has 1 aromatic carbocycles. The first-order valence-electron chi connectivity index (χ1n) is 4.22. The van der Waals surface area contributed by atoms with E-state index in [2.05, 4.69) is 20.9 Å². The molecule has 0 saturated carbocycles. The zero-order valence-electron chi connectivity index (χ0n) is 7.77. The maximum absolute atomic E-state index is 13.7. The van der Waals surface area contributed by atoms with E-state index in [1.165, 1.54) is 0 Å². The number of hydrogen-bond donors (Lipinski definition) is 2. The fraction of sp³-hybridized carbons (Fsp3) is 0.100. The standard InChI is InChI=1S/C10H7BrFNO2/c1-4-7(10(14)15)8-6(13-4)3-2-5(11)9(8)12/h2-3,13H,1H3,(H,14,15). The summed E-state index contributed by atoms with van der Waals surface area (Å²) < 4.78 is 14.0. The van der Waals surface area contributed by atoms with Gasteiger partial charge in [-0.15, -0.1) is 0 Å². The predicted molar refractivity (Wildman–Crippen MR) is 57.7 cm³/mol. The molecule has 0 aliphatic rings. The number of halogens is 2. The molecule has 5 heteroatoms. The predicted octanol–water partition coefficient (Wildman–Crippen LogP) is 3.08. The van der Waals surface area contributed by atoms with Crippen molar-refractivity contribution in [2.45, 2.75) is 6.92 Å². The number of carboxylic acid groups (broad SMARTS) is 1. The molecule has 0 fully saturated rings. The van der Waals surface area contributed by atoms with E-state index < -0.39 is 11.8 Å². The van der Waals surface area contributed by atoms with Crippen LogP contribution in [0.2, 0.25) is 0 Å². The molecule has 0 saturated heterocycles. The smallest absolute Gasteiger partial charge is 0.338 e. The van der Waals surface area contributed by atoms with Crippen molar-refractivity contribution >= 4 is 32.8 Å². The Balaban J connectivity index is 2.96. The summed E-state index contributed by atoms with van der Waals surface area (Å²) in [5.74, 6) is -1.68. The third-order valence-electron chi connectivity index (χ3n) is 2.26. The Bertz CT molecular complexity index is 562. The van der Waals surface area contributed by atoms with Crippen LogP contribution in [0.1, 0.15) is 16.1 Å². The zero-order chi connectivity index (χ0) is 11.2. The molecule has 2 aromatic rings. The lowest BCUT2D eigenvalue weighted by molar-refractivity contribution is 0.0698. The van der Waals surface area contributed by atoms with Crippen molar-refractivity contribution in [2.24, 2.45) is 0 Å². The number of hydrogen-bond acceptors (Lipinski definition) is 1. The highest BCUT2D eigenvalue weighted by atomic mass is 79.9. The van der Waals surface area contributed by atoms with E-state index in [1.54, 1.807) is 19.1 Å². The van der Waals surface area contributed by atoms with Crippen molar-refractivity contribution in [3.63, 3.8) is 0 Å². The maximum atomic E-state index is 13.7. The molecule has 0 aliphatic heterocycles. The molecule has 2 rings (SSSR count).